The van der Waals surface area contributed by atoms with E-state index in [1.807, 2.05) is 22.6 Å². The van der Waals surface area contributed by atoms with E-state index < -0.39 is 15.8 Å². The topological polar surface area (TPSA) is 82.8 Å². The van der Waals surface area contributed by atoms with E-state index in [0.717, 1.165) is 21.8 Å². The average molecular weight is 403 g/mol. The van der Waals surface area contributed by atoms with Gasteiger partial charge in [-0.3, -0.25) is 4.72 Å². The SMILES string of the molecule is N#Cc1cc(S(=O)(=O)Nc2ccc(I)cn2)ccc1F. The zero-order valence-electron chi connectivity index (χ0n) is 9.84. The van der Waals surface area contributed by atoms with Crippen LogP contribution in [0, 0.1) is 20.7 Å². The highest BCUT2D eigenvalue weighted by Gasteiger charge is 2.17. The fraction of sp³-hybridized carbons (Fsp3) is 0. The Hall–Kier alpha value is -1.73. The predicted molar refractivity (Wildman–Crippen MR) is 78.9 cm³/mol. The first kappa shape index (κ1) is 14.7. The molecule has 2 rings (SSSR count). The average Bonchev–Trinajstić information content (AvgIpc) is 2.41. The smallest absolute Gasteiger partial charge is 0.263 e. The molecule has 1 aromatic heterocycles. The molecule has 1 N–H and O–H groups in total. The molecule has 0 amide bonds. The van der Waals surface area contributed by atoms with Crippen molar-refractivity contribution >= 4 is 38.4 Å². The van der Waals surface area contributed by atoms with E-state index in [2.05, 4.69) is 9.71 Å². The van der Waals surface area contributed by atoms with Crippen LogP contribution in [-0.4, -0.2) is 13.4 Å². The number of nitrogens with one attached hydrogen (secondary N) is 1. The molecule has 2 aromatic rings. The van der Waals surface area contributed by atoms with E-state index in [1.165, 1.54) is 12.3 Å². The summed E-state index contributed by atoms with van der Waals surface area (Å²) in [6.07, 6.45) is 1.50. The highest BCUT2D eigenvalue weighted by atomic mass is 127. The Morgan fingerprint density at radius 1 is 1.30 bits per heavy atom. The van der Waals surface area contributed by atoms with Crippen molar-refractivity contribution in [1.29, 1.82) is 5.26 Å². The molecule has 102 valence electrons. The minimum atomic E-state index is -3.91. The molecule has 0 unspecified atom stereocenters. The van der Waals surface area contributed by atoms with Crippen molar-refractivity contribution in [2.75, 3.05) is 4.72 Å². The molecule has 0 saturated carbocycles. The number of benzene rings is 1. The number of hydrogen-bond acceptors (Lipinski definition) is 4. The summed E-state index contributed by atoms with van der Waals surface area (Å²) in [6, 6.07) is 7.80. The number of nitriles is 1. The van der Waals surface area contributed by atoms with Crippen molar-refractivity contribution < 1.29 is 12.8 Å². The quantitative estimate of drug-likeness (QED) is 0.799. The number of hydrogen-bond donors (Lipinski definition) is 1. The number of rotatable bonds is 3. The van der Waals surface area contributed by atoms with E-state index >= 15 is 0 Å². The summed E-state index contributed by atoms with van der Waals surface area (Å²) >= 11 is 2.04. The summed E-state index contributed by atoms with van der Waals surface area (Å²) in [7, 11) is -3.91. The summed E-state index contributed by atoms with van der Waals surface area (Å²) in [4.78, 5) is 3.71. The molecule has 0 atom stereocenters. The van der Waals surface area contributed by atoms with Crippen LogP contribution in [0.15, 0.2) is 41.4 Å². The van der Waals surface area contributed by atoms with E-state index in [-0.39, 0.29) is 16.3 Å². The molecule has 0 aliphatic carbocycles. The molecule has 0 radical (unpaired) electrons. The maximum absolute atomic E-state index is 13.2. The normalized spacial score (nSPS) is 10.8. The predicted octanol–water partition coefficient (Wildman–Crippen LogP) is 2.50. The molecule has 0 bridgehead atoms. The molecule has 0 saturated heterocycles. The number of aromatic nitrogens is 1. The lowest BCUT2D eigenvalue weighted by atomic mass is 10.2. The largest absolute Gasteiger partial charge is 0.263 e. The Morgan fingerprint density at radius 3 is 2.65 bits per heavy atom. The van der Waals surface area contributed by atoms with Crippen LogP contribution < -0.4 is 4.72 Å². The Labute approximate surface area is 128 Å². The molecule has 8 heteroatoms. The van der Waals surface area contributed by atoms with Gasteiger partial charge in [0.2, 0.25) is 0 Å². The molecular formula is C12H7FIN3O2S. The summed E-state index contributed by atoms with van der Waals surface area (Å²) in [5.74, 6) is -0.618. The first-order chi connectivity index (χ1) is 9.42. The fourth-order valence-corrected chi connectivity index (χ4v) is 2.74. The fourth-order valence-electron chi connectivity index (χ4n) is 1.39. The van der Waals surface area contributed by atoms with Gasteiger partial charge in [0.25, 0.3) is 10.0 Å². The lowest BCUT2D eigenvalue weighted by Crippen LogP contribution is -2.14. The molecule has 0 aliphatic heterocycles. The van der Waals surface area contributed by atoms with E-state index in [0.29, 0.717) is 0 Å². The van der Waals surface area contributed by atoms with Gasteiger partial charge in [0.05, 0.1) is 10.5 Å². The second-order valence-electron chi connectivity index (χ2n) is 3.72. The zero-order valence-corrected chi connectivity index (χ0v) is 12.8. The van der Waals surface area contributed by atoms with Gasteiger partial charge in [0, 0.05) is 9.77 Å². The molecule has 1 heterocycles. The minimum Gasteiger partial charge on any atom is -0.263 e. The molecular weight excluding hydrogens is 396 g/mol. The monoisotopic (exact) mass is 403 g/mol. The third-order valence-corrected chi connectivity index (χ3v) is 4.33. The molecule has 20 heavy (non-hydrogen) atoms. The maximum atomic E-state index is 13.2. The third kappa shape index (κ3) is 3.23. The molecule has 0 fully saturated rings. The van der Waals surface area contributed by atoms with Gasteiger partial charge < -0.3 is 0 Å². The van der Waals surface area contributed by atoms with Gasteiger partial charge in [-0.05, 0) is 52.9 Å². The molecule has 5 nitrogen and oxygen atoms in total. The van der Waals surface area contributed by atoms with Crippen LogP contribution in [0.4, 0.5) is 10.2 Å². The number of sulfonamides is 1. The number of halogens is 2. The summed E-state index contributed by atoms with van der Waals surface area (Å²) in [5.41, 5.74) is -0.330. The van der Waals surface area contributed by atoms with Gasteiger partial charge >= 0.3 is 0 Å². The van der Waals surface area contributed by atoms with Crippen LogP contribution in [0.25, 0.3) is 0 Å². The molecule has 1 aromatic carbocycles. The van der Waals surface area contributed by atoms with Crippen molar-refractivity contribution in [3.05, 3.63) is 51.5 Å². The maximum Gasteiger partial charge on any atom is 0.263 e. The zero-order chi connectivity index (χ0) is 14.8. The van der Waals surface area contributed by atoms with Gasteiger partial charge in [0.15, 0.2) is 0 Å². The van der Waals surface area contributed by atoms with Crippen LogP contribution in [0.2, 0.25) is 0 Å². The Balaban J connectivity index is 2.36. The third-order valence-electron chi connectivity index (χ3n) is 2.33. The van der Waals surface area contributed by atoms with Crippen molar-refractivity contribution in [1.82, 2.24) is 4.98 Å². The Kier molecular flexibility index (Phi) is 4.20. The summed E-state index contributed by atoms with van der Waals surface area (Å²) in [6.45, 7) is 0. The highest BCUT2D eigenvalue weighted by molar-refractivity contribution is 14.1. The first-order valence-electron chi connectivity index (χ1n) is 5.26. The minimum absolute atomic E-state index is 0.147. The van der Waals surface area contributed by atoms with Crippen molar-refractivity contribution in [2.45, 2.75) is 4.90 Å². The standard InChI is InChI=1S/C12H7FIN3O2S/c13-11-3-2-10(5-8(11)6-15)20(18,19)17-12-4-1-9(14)7-16-12/h1-5,7H,(H,16,17). The van der Waals surface area contributed by atoms with Crippen LogP contribution in [0.1, 0.15) is 5.56 Å². The van der Waals surface area contributed by atoms with Crippen molar-refractivity contribution in [3.63, 3.8) is 0 Å². The molecule has 0 spiro atoms. The van der Waals surface area contributed by atoms with E-state index in [4.69, 9.17) is 5.26 Å². The summed E-state index contributed by atoms with van der Waals surface area (Å²) in [5, 5.41) is 8.71. The second kappa shape index (κ2) is 5.72. The first-order valence-corrected chi connectivity index (χ1v) is 7.82. The van der Waals surface area contributed by atoms with Gasteiger partial charge in [-0.15, -0.1) is 0 Å². The van der Waals surface area contributed by atoms with Gasteiger partial charge in [0.1, 0.15) is 17.7 Å². The Bertz CT molecular complexity index is 785. The van der Waals surface area contributed by atoms with Crippen LogP contribution in [-0.2, 0) is 10.0 Å². The number of nitrogens with zero attached hydrogens (tertiary/aromatic N) is 2. The van der Waals surface area contributed by atoms with E-state index in [9.17, 15) is 12.8 Å². The van der Waals surface area contributed by atoms with Crippen LogP contribution >= 0.6 is 22.6 Å². The lowest BCUT2D eigenvalue weighted by Gasteiger charge is -2.07. The second-order valence-corrected chi connectivity index (χ2v) is 6.65. The summed E-state index contributed by atoms with van der Waals surface area (Å²) < 4.78 is 40.5. The van der Waals surface area contributed by atoms with E-state index in [1.54, 1.807) is 12.1 Å². The number of anilines is 1. The van der Waals surface area contributed by atoms with Gasteiger partial charge in [-0.1, -0.05) is 0 Å². The van der Waals surface area contributed by atoms with Gasteiger partial charge in [-0.25, -0.2) is 17.8 Å². The Morgan fingerprint density at radius 2 is 2.05 bits per heavy atom. The highest BCUT2D eigenvalue weighted by Crippen LogP contribution is 2.18. The molecule has 0 aliphatic rings. The van der Waals surface area contributed by atoms with Crippen LogP contribution in [0.3, 0.4) is 0 Å². The van der Waals surface area contributed by atoms with Gasteiger partial charge in [-0.2, -0.15) is 5.26 Å². The lowest BCUT2D eigenvalue weighted by molar-refractivity contribution is 0.599. The number of pyridine rings is 1. The van der Waals surface area contributed by atoms with Crippen molar-refractivity contribution in [3.8, 4) is 6.07 Å². The van der Waals surface area contributed by atoms with Crippen LogP contribution in [0.5, 0.6) is 0 Å². The van der Waals surface area contributed by atoms with Crippen molar-refractivity contribution in [2.24, 2.45) is 0 Å².